The van der Waals surface area contributed by atoms with Crippen molar-refractivity contribution in [2.75, 3.05) is 13.2 Å². The van der Waals surface area contributed by atoms with E-state index in [1.165, 1.54) is 18.2 Å². The Balaban J connectivity index is 1.81. The standard InChI is InChI=1S/C25H40O13/c1-11-7-13(28)8-24(3,4)25(11,34)6-5-12(2)35-23-21(19(32)17(30)15(10-27)37-23)38-22-20(33)18(31)16(29)14(9-26)36-22/h5-7,12,14-23,26-27,29-34H,8-10H2,1-4H3/b6-5+/t12-,14+,15-,16+,17-,18+,19+,20-,21-,22-,23-,25-/m0/s1. The van der Waals surface area contributed by atoms with Gasteiger partial charge in [0.05, 0.1) is 19.3 Å². The number of aliphatic hydroxyl groups excluding tert-OH is 7. The molecule has 0 unspecified atom stereocenters. The highest BCUT2D eigenvalue weighted by Crippen LogP contribution is 2.44. The molecule has 0 saturated carbocycles. The molecule has 218 valence electrons. The van der Waals surface area contributed by atoms with E-state index in [1.54, 1.807) is 27.7 Å². The molecule has 0 aromatic rings. The average molecular weight is 549 g/mol. The highest BCUT2D eigenvalue weighted by molar-refractivity contribution is 5.92. The van der Waals surface area contributed by atoms with Crippen molar-refractivity contribution in [2.45, 2.75) is 107 Å². The van der Waals surface area contributed by atoms with Gasteiger partial charge in [-0.1, -0.05) is 19.9 Å². The van der Waals surface area contributed by atoms with E-state index < -0.39 is 91.7 Å². The van der Waals surface area contributed by atoms with Crippen molar-refractivity contribution in [2.24, 2.45) is 5.41 Å². The van der Waals surface area contributed by atoms with Crippen LogP contribution in [0, 0.1) is 5.41 Å². The van der Waals surface area contributed by atoms with Crippen molar-refractivity contribution in [3.05, 3.63) is 23.8 Å². The lowest BCUT2D eigenvalue weighted by Gasteiger charge is -2.46. The van der Waals surface area contributed by atoms with Gasteiger partial charge < -0.3 is 59.8 Å². The minimum atomic E-state index is -1.79. The number of hydrogen-bond donors (Lipinski definition) is 8. The third-order valence-electron chi connectivity index (χ3n) is 7.55. The van der Waals surface area contributed by atoms with Crippen molar-refractivity contribution >= 4 is 5.78 Å². The van der Waals surface area contributed by atoms with Crippen LogP contribution in [0.25, 0.3) is 0 Å². The molecule has 12 atom stereocenters. The lowest BCUT2D eigenvalue weighted by atomic mass is 9.64. The molecular weight excluding hydrogens is 508 g/mol. The van der Waals surface area contributed by atoms with E-state index in [0.717, 1.165) is 0 Å². The molecule has 8 N–H and O–H groups in total. The predicted octanol–water partition coefficient (Wildman–Crippen LogP) is -2.75. The molecule has 13 heteroatoms. The van der Waals surface area contributed by atoms with Crippen LogP contribution in [0.2, 0.25) is 0 Å². The Morgan fingerprint density at radius 2 is 1.53 bits per heavy atom. The second kappa shape index (κ2) is 12.0. The first-order valence-corrected chi connectivity index (χ1v) is 12.5. The summed E-state index contributed by atoms with van der Waals surface area (Å²) in [4.78, 5) is 12.0. The fourth-order valence-corrected chi connectivity index (χ4v) is 5.04. The van der Waals surface area contributed by atoms with E-state index in [0.29, 0.717) is 5.57 Å². The highest BCUT2D eigenvalue weighted by atomic mass is 16.8. The number of aliphatic hydroxyl groups is 8. The first-order chi connectivity index (χ1) is 17.7. The van der Waals surface area contributed by atoms with Gasteiger partial charge >= 0.3 is 0 Å². The second-order valence-corrected chi connectivity index (χ2v) is 10.8. The topological polar surface area (TPSA) is 216 Å². The highest BCUT2D eigenvalue weighted by Gasteiger charge is 2.51. The van der Waals surface area contributed by atoms with Crippen molar-refractivity contribution in [1.82, 2.24) is 0 Å². The van der Waals surface area contributed by atoms with Crippen LogP contribution in [0.3, 0.4) is 0 Å². The summed E-state index contributed by atoms with van der Waals surface area (Å²) in [5.41, 5.74) is -1.81. The summed E-state index contributed by atoms with van der Waals surface area (Å²) >= 11 is 0. The van der Waals surface area contributed by atoms with E-state index in [-0.39, 0.29) is 12.2 Å². The molecule has 3 rings (SSSR count). The summed E-state index contributed by atoms with van der Waals surface area (Å²) in [7, 11) is 0. The Bertz CT molecular complexity index is 888. The quantitative estimate of drug-likeness (QED) is 0.145. The van der Waals surface area contributed by atoms with Crippen LogP contribution >= 0.6 is 0 Å². The van der Waals surface area contributed by atoms with Gasteiger partial charge in [0, 0.05) is 11.8 Å². The number of hydrogen-bond acceptors (Lipinski definition) is 13. The summed E-state index contributed by atoms with van der Waals surface area (Å²) in [6.07, 6.45) is -11.9. The minimum absolute atomic E-state index is 0.0961. The average Bonchev–Trinajstić information content (AvgIpc) is 2.85. The van der Waals surface area contributed by atoms with Gasteiger partial charge in [0.2, 0.25) is 0 Å². The molecule has 0 radical (unpaired) electrons. The summed E-state index contributed by atoms with van der Waals surface area (Å²) in [6.45, 7) is 5.39. The third kappa shape index (κ3) is 6.04. The van der Waals surface area contributed by atoms with Gasteiger partial charge in [-0.05, 0) is 31.6 Å². The Morgan fingerprint density at radius 1 is 0.974 bits per heavy atom. The molecule has 0 aromatic carbocycles. The molecular formula is C25H40O13. The maximum absolute atomic E-state index is 12.0. The van der Waals surface area contributed by atoms with Gasteiger partial charge in [-0.25, -0.2) is 0 Å². The SMILES string of the molecule is CC1=CC(=O)CC(C)(C)[C@]1(O)/C=C/[C@H](C)O[C@H]1O[C@@H](CO)[C@H](O)[C@@H](O)[C@@H]1O[C@@H]1O[C@H](CO)[C@@H](O)[C@@H](O)[C@@H]1O. The minimum Gasteiger partial charge on any atom is -0.394 e. The van der Waals surface area contributed by atoms with Crippen LogP contribution in [0.5, 0.6) is 0 Å². The van der Waals surface area contributed by atoms with Crippen LogP contribution in [0.15, 0.2) is 23.8 Å². The van der Waals surface area contributed by atoms with Crippen molar-refractivity contribution in [3.63, 3.8) is 0 Å². The Morgan fingerprint density at radius 3 is 2.08 bits per heavy atom. The number of allylic oxidation sites excluding steroid dienone is 1. The van der Waals surface area contributed by atoms with Gasteiger partial charge in [-0.3, -0.25) is 4.79 Å². The number of ketones is 1. The smallest absolute Gasteiger partial charge is 0.187 e. The Hall–Kier alpha value is -1.33. The zero-order valence-electron chi connectivity index (χ0n) is 21.8. The predicted molar refractivity (Wildman–Crippen MR) is 128 cm³/mol. The van der Waals surface area contributed by atoms with Gasteiger partial charge in [0.1, 0.15) is 54.4 Å². The summed E-state index contributed by atoms with van der Waals surface area (Å²) in [5, 5.41) is 81.9. The molecule has 2 saturated heterocycles. The lowest BCUT2D eigenvalue weighted by Crippen LogP contribution is -2.64. The summed E-state index contributed by atoms with van der Waals surface area (Å²) in [6, 6.07) is 0. The summed E-state index contributed by atoms with van der Waals surface area (Å²) in [5.74, 6) is -0.0961. The van der Waals surface area contributed by atoms with Crippen molar-refractivity contribution in [1.29, 1.82) is 0 Å². The van der Waals surface area contributed by atoms with Crippen LogP contribution in [-0.2, 0) is 23.7 Å². The van der Waals surface area contributed by atoms with E-state index in [9.17, 15) is 45.6 Å². The van der Waals surface area contributed by atoms with Crippen LogP contribution < -0.4 is 0 Å². The molecule has 0 amide bonds. The first-order valence-electron chi connectivity index (χ1n) is 12.5. The van der Waals surface area contributed by atoms with Gasteiger partial charge in [0.25, 0.3) is 0 Å². The van der Waals surface area contributed by atoms with E-state index in [1.807, 2.05) is 0 Å². The van der Waals surface area contributed by atoms with E-state index >= 15 is 0 Å². The van der Waals surface area contributed by atoms with Gasteiger partial charge in [0.15, 0.2) is 18.4 Å². The van der Waals surface area contributed by atoms with Crippen molar-refractivity contribution < 1.29 is 64.6 Å². The van der Waals surface area contributed by atoms with Crippen LogP contribution in [-0.4, -0.2) is 133 Å². The number of carbonyl (C=O) groups excluding carboxylic acids is 1. The molecule has 1 aliphatic carbocycles. The zero-order chi connectivity index (χ0) is 28.6. The molecule has 2 aliphatic heterocycles. The molecule has 3 aliphatic rings. The molecule has 2 heterocycles. The molecule has 0 spiro atoms. The molecule has 13 nitrogen and oxygen atoms in total. The third-order valence-corrected chi connectivity index (χ3v) is 7.55. The zero-order valence-corrected chi connectivity index (χ0v) is 21.8. The fourth-order valence-electron chi connectivity index (χ4n) is 5.04. The Labute approximate surface area is 220 Å². The van der Waals surface area contributed by atoms with Gasteiger partial charge in [-0.2, -0.15) is 0 Å². The lowest BCUT2D eigenvalue weighted by molar-refractivity contribution is -0.369. The van der Waals surface area contributed by atoms with Gasteiger partial charge in [-0.15, -0.1) is 0 Å². The number of ether oxygens (including phenoxy) is 4. The second-order valence-electron chi connectivity index (χ2n) is 10.8. The largest absolute Gasteiger partial charge is 0.394 e. The maximum Gasteiger partial charge on any atom is 0.187 e. The van der Waals surface area contributed by atoms with Crippen molar-refractivity contribution in [3.8, 4) is 0 Å². The normalized spacial score (nSPS) is 44.7. The molecule has 2 fully saturated rings. The van der Waals surface area contributed by atoms with E-state index in [4.69, 9.17) is 18.9 Å². The Kier molecular flexibility index (Phi) is 9.89. The first kappa shape index (κ1) is 31.2. The number of carbonyl (C=O) groups is 1. The molecule has 38 heavy (non-hydrogen) atoms. The fraction of sp³-hybridized carbons (Fsp3) is 0.800. The number of rotatable bonds is 8. The molecule has 0 bridgehead atoms. The maximum atomic E-state index is 12.0. The van der Waals surface area contributed by atoms with E-state index in [2.05, 4.69) is 0 Å². The molecule has 0 aromatic heterocycles. The summed E-state index contributed by atoms with van der Waals surface area (Å²) < 4.78 is 22.5. The van der Waals surface area contributed by atoms with Crippen LogP contribution in [0.4, 0.5) is 0 Å². The van der Waals surface area contributed by atoms with Crippen LogP contribution in [0.1, 0.15) is 34.1 Å². The monoisotopic (exact) mass is 548 g/mol.